The highest BCUT2D eigenvalue weighted by molar-refractivity contribution is 14.0. The van der Waals surface area contributed by atoms with Gasteiger partial charge in [-0.15, -0.1) is 24.0 Å². The van der Waals surface area contributed by atoms with Gasteiger partial charge in [0.25, 0.3) is 0 Å². The largest absolute Gasteiger partial charge is 0.356 e. The molecule has 1 aliphatic rings. The monoisotopic (exact) mass is 424 g/mol. The summed E-state index contributed by atoms with van der Waals surface area (Å²) in [6.45, 7) is 9.52. The van der Waals surface area contributed by atoms with Crippen LogP contribution in [-0.2, 0) is 4.79 Å². The van der Waals surface area contributed by atoms with Gasteiger partial charge in [-0.2, -0.15) is 0 Å². The van der Waals surface area contributed by atoms with E-state index in [9.17, 15) is 4.79 Å². The van der Waals surface area contributed by atoms with Gasteiger partial charge in [0.15, 0.2) is 5.96 Å². The minimum Gasteiger partial charge on any atom is -0.356 e. The molecule has 1 fully saturated rings. The molecule has 1 amide bonds. The molecule has 0 heterocycles. The van der Waals surface area contributed by atoms with Crippen LogP contribution in [0.2, 0.25) is 0 Å². The van der Waals surface area contributed by atoms with E-state index in [1.54, 1.807) is 7.05 Å². The van der Waals surface area contributed by atoms with Crippen molar-refractivity contribution in [3.63, 3.8) is 0 Å². The fraction of sp³-hybridized carbons (Fsp3) is 0.875. The number of carbonyl (C=O) groups excluding carboxylic acids is 1. The summed E-state index contributed by atoms with van der Waals surface area (Å²) in [7, 11) is 3.66. The highest BCUT2D eigenvalue weighted by Crippen LogP contribution is 2.36. The number of halogens is 1. The van der Waals surface area contributed by atoms with Crippen molar-refractivity contribution < 1.29 is 4.79 Å². The van der Waals surface area contributed by atoms with Crippen LogP contribution in [-0.4, -0.2) is 49.5 Å². The lowest BCUT2D eigenvalue weighted by atomic mass is 9.89. The summed E-state index contributed by atoms with van der Waals surface area (Å²) >= 11 is 0. The third-order valence-corrected chi connectivity index (χ3v) is 3.95. The Hall–Kier alpha value is -0.530. The second kappa shape index (κ2) is 8.93. The molecule has 6 heteroatoms. The van der Waals surface area contributed by atoms with E-state index >= 15 is 0 Å². The SMILES string of the molecule is CN=C(NCC1(C)CCCC1)N(C)CC(=O)NC(C)(C)C.I. The number of guanidine groups is 1. The van der Waals surface area contributed by atoms with Crippen LogP contribution in [0.5, 0.6) is 0 Å². The van der Waals surface area contributed by atoms with Crippen LogP contribution < -0.4 is 10.6 Å². The van der Waals surface area contributed by atoms with Gasteiger partial charge in [-0.1, -0.05) is 19.8 Å². The normalized spacial score (nSPS) is 17.6. The summed E-state index contributed by atoms with van der Waals surface area (Å²) in [5.74, 6) is 0.798. The van der Waals surface area contributed by atoms with Gasteiger partial charge in [0, 0.05) is 26.2 Å². The summed E-state index contributed by atoms with van der Waals surface area (Å²) in [4.78, 5) is 18.1. The van der Waals surface area contributed by atoms with Gasteiger partial charge in [-0.05, 0) is 39.0 Å². The molecule has 1 rings (SSSR count). The van der Waals surface area contributed by atoms with Crippen molar-refractivity contribution in [2.75, 3.05) is 27.2 Å². The maximum atomic E-state index is 12.0. The predicted molar refractivity (Wildman–Crippen MR) is 104 cm³/mol. The third-order valence-electron chi connectivity index (χ3n) is 3.95. The Labute approximate surface area is 152 Å². The summed E-state index contributed by atoms with van der Waals surface area (Å²) in [5.41, 5.74) is 0.163. The Morgan fingerprint density at radius 3 is 2.27 bits per heavy atom. The first-order valence-corrected chi connectivity index (χ1v) is 7.88. The number of carbonyl (C=O) groups is 1. The van der Waals surface area contributed by atoms with Crippen LogP contribution >= 0.6 is 24.0 Å². The Balaban J connectivity index is 0.00000441. The predicted octanol–water partition coefficient (Wildman–Crippen LogP) is 2.61. The molecule has 22 heavy (non-hydrogen) atoms. The molecule has 1 saturated carbocycles. The number of nitrogens with zero attached hydrogens (tertiary/aromatic N) is 2. The van der Waals surface area contributed by atoms with Crippen LogP contribution in [0.4, 0.5) is 0 Å². The maximum Gasteiger partial charge on any atom is 0.240 e. The van der Waals surface area contributed by atoms with E-state index in [4.69, 9.17) is 0 Å². The first-order valence-electron chi connectivity index (χ1n) is 7.88. The van der Waals surface area contributed by atoms with Crippen molar-refractivity contribution in [1.29, 1.82) is 0 Å². The van der Waals surface area contributed by atoms with Gasteiger partial charge in [-0.25, -0.2) is 0 Å². The van der Waals surface area contributed by atoms with Crippen molar-refractivity contribution in [3.05, 3.63) is 0 Å². The van der Waals surface area contributed by atoms with Crippen LogP contribution in [0.25, 0.3) is 0 Å². The van der Waals surface area contributed by atoms with E-state index in [1.165, 1.54) is 25.7 Å². The lowest BCUT2D eigenvalue weighted by Gasteiger charge is -2.29. The van der Waals surface area contributed by atoms with Gasteiger partial charge >= 0.3 is 0 Å². The number of likely N-dealkylation sites (N-methyl/N-ethyl adjacent to an activating group) is 1. The highest BCUT2D eigenvalue weighted by Gasteiger charge is 2.29. The standard InChI is InChI=1S/C16H32N4O.HI/c1-15(2,3)19-13(21)11-20(6)14(17-5)18-12-16(4)9-7-8-10-16;/h7-12H2,1-6H3,(H,17,18)(H,19,21);1H. The zero-order valence-electron chi connectivity index (χ0n) is 15.0. The molecule has 2 N–H and O–H groups in total. The molecule has 1 aliphatic carbocycles. The molecule has 0 unspecified atom stereocenters. The van der Waals surface area contributed by atoms with Gasteiger partial charge in [0.05, 0.1) is 6.54 Å². The molecule has 0 atom stereocenters. The topological polar surface area (TPSA) is 56.7 Å². The zero-order valence-corrected chi connectivity index (χ0v) is 17.3. The third kappa shape index (κ3) is 7.65. The molecular weight excluding hydrogens is 391 g/mol. The molecule has 0 bridgehead atoms. The number of hydrogen-bond donors (Lipinski definition) is 2. The van der Waals surface area contributed by atoms with Crippen LogP contribution in [0, 0.1) is 5.41 Å². The minimum absolute atomic E-state index is 0. The molecule has 0 aromatic rings. The van der Waals surface area contributed by atoms with Gasteiger partial charge in [0.2, 0.25) is 5.91 Å². The van der Waals surface area contributed by atoms with Crippen molar-refractivity contribution in [1.82, 2.24) is 15.5 Å². The molecule has 0 spiro atoms. The molecule has 5 nitrogen and oxygen atoms in total. The summed E-state index contributed by atoms with van der Waals surface area (Å²) in [6, 6.07) is 0. The number of amides is 1. The van der Waals surface area contributed by atoms with Gasteiger partial charge in [0.1, 0.15) is 0 Å². The van der Waals surface area contributed by atoms with Gasteiger partial charge in [-0.3, -0.25) is 9.79 Å². The summed E-state index contributed by atoms with van der Waals surface area (Å²) < 4.78 is 0. The highest BCUT2D eigenvalue weighted by atomic mass is 127. The molecule has 0 aromatic carbocycles. The Bertz CT molecular complexity index is 384. The van der Waals surface area contributed by atoms with Gasteiger partial charge < -0.3 is 15.5 Å². The van der Waals surface area contributed by atoms with Crippen molar-refractivity contribution in [2.24, 2.45) is 10.4 Å². The molecule has 130 valence electrons. The molecule has 0 radical (unpaired) electrons. The minimum atomic E-state index is -0.202. The quantitative estimate of drug-likeness (QED) is 0.415. The Morgan fingerprint density at radius 2 is 1.82 bits per heavy atom. The van der Waals surface area contributed by atoms with E-state index in [-0.39, 0.29) is 35.4 Å². The lowest BCUT2D eigenvalue weighted by Crippen LogP contribution is -2.49. The summed E-state index contributed by atoms with van der Waals surface area (Å²) in [5, 5.41) is 6.39. The number of aliphatic imine (C=N–C) groups is 1. The number of nitrogens with one attached hydrogen (secondary N) is 2. The lowest BCUT2D eigenvalue weighted by molar-refractivity contribution is -0.122. The first kappa shape index (κ1) is 21.5. The second-order valence-corrected chi connectivity index (χ2v) is 7.57. The zero-order chi connectivity index (χ0) is 16.1. The van der Waals surface area contributed by atoms with E-state index in [2.05, 4.69) is 22.5 Å². The van der Waals surface area contributed by atoms with E-state index in [1.807, 2.05) is 32.7 Å². The molecule has 0 aliphatic heterocycles. The van der Waals surface area contributed by atoms with Crippen molar-refractivity contribution >= 4 is 35.8 Å². The number of hydrogen-bond acceptors (Lipinski definition) is 2. The molecular formula is C16H33IN4O. The van der Waals surface area contributed by atoms with Crippen LogP contribution in [0.1, 0.15) is 53.4 Å². The van der Waals surface area contributed by atoms with Crippen LogP contribution in [0.3, 0.4) is 0 Å². The average molecular weight is 424 g/mol. The molecule has 0 aromatic heterocycles. The molecule has 0 saturated heterocycles. The van der Waals surface area contributed by atoms with Crippen LogP contribution in [0.15, 0.2) is 4.99 Å². The summed E-state index contributed by atoms with van der Waals surface area (Å²) in [6.07, 6.45) is 5.18. The van der Waals surface area contributed by atoms with Crippen molar-refractivity contribution in [3.8, 4) is 0 Å². The smallest absolute Gasteiger partial charge is 0.240 e. The van der Waals surface area contributed by atoms with E-state index in [0.717, 1.165) is 12.5 Å². The number of rotatable bonds is 4. The first-order chi connectivity index (χ1) is 9.65. The fourth-order valence-corrected chi connectivity index (χ4v) is 2.83. The Kier molecular flexibility index (Phi) is 8.72. The fourth-order valence-electron chi connectivity index (χ4n) is 2.83. The van der Waals surface area contributed by atoms with E-state index in [0.29, 0.717) is 12.0 Å². The average Bonchev–Trinajstić information content (AvgIpc) is 2.74. The maximum absolute atomic E-state index is 12.0. The van der Waals surface area contributed by atoms with Crippen molar-refractivity contribution in [2.45, 2.75) is 58.9 Å². The second-order valence-electron chi connectivity index (χ2n) is 7.57. The Morgan fingerprint density at radius 1 is 1.27 bits per heavy atom. The van der Waals surface area contributed by atoms with E-state index < -0.39 is 0 Å².